The molecule has 340 valence electrons. The van der Waals surface area contributed by atoms with E-state index in [0.717, 1.165) is 26.2 Å². The first-order chi connectivity index (χ1) is 30.4. The topological polar surface area (TPSA) is 205 Å². The van der Waals surface area contributed by atoms with Crippen LogP contribution in [-0.4, -0.2) is 108 Å². The SMILES string of the molecule is C[C@@]1(C(F)(F)F)Cc2cc(NC(=O)C(=CN)c3ncccn3)c(N3CCOCC3)cc2O1.C[C@]1(C(F)(F)F)Cc2cc(NC(=O)C(=CN)c3ncccn3)c(N3CCOCC3)cc2O1. The van der Waals surface area contributed by atoms with E-state index in [1.54, 1.807) is 12.1 Å². The van der Waals surface area contributed by atoms with Crippen LogP contribution >= 0.6 is 0 Å². The standard InChI is InChI=1S/2C21H22F3N5O3/c2*1-20(21(22,23)24)11-13-9-15(16(10-17(13)32-20)29-5-7-31-8-6-29)28-19(30)14(12-25)18-26-3-2-4-27-18/h2*2-4,9-10,12H,5-8,11,25H2,1H3,(H,28,30)/t2*20-/m10/s1. The molecule has 6 N–H and O–H groups in total. The average molecular weight is 899 g/mol. The first kappa shape index (κ1) is 45.3. The minimum Gasteiger partial charge on any atom is -0.477 e. The van der Waals surface area contributed by atoms with Gasteiger partial charge in [0.05, 0.1) is 60.3 Å². The molecule has 0 saturated carbocycles. The molecule has 22 heteroatoms. The van der Waals surface area contributed by atoms with Gasteiger partial charge in [-0.15, -0.1) is 0 Å². The van der Waals surface area contributed by atoms with E-state index >= 15 is 0 Å². The van der Waals surface area contributed by atoms with Gasteiger partial charge in [0.25, 0.3) is 11.8 Å². The lowest BCUT2D eigenvalue weighted by atomic mass is 9.98. The molecular weight excluding hydrogens is 855 g/mol. The van der Waals surface area contributed by atoms with E-state index in [-0.39, 0.29) is 47.1 Å². The lowest BCUT2D eigenvalue weighted by molar-refractivity contribution is -0.235. The van der Waals surface area contributed by atoms with Gasteiger partial charge in [0.15, 0.2) is 11.6 Å². The smallest absolute Gasteiger partial charge is 0.428 e. The predicted molar refractivity (Wildman–Crippen MR) is 222 cm³/mol. The van der Waals surface area contributed by atoms with Gasteiger partial charge in [0, 0.05) is 99.5 Å². The maximum atomic E-state index is 13.6. The first-order valence-corrected chi connectivity index (χ1v) is 20.0. The van der Waals surface area contributed by atoms with Crippen molar-refractivity contribution in [3.05, 3.63) is 96.4 Å². The molecule has 0 spiro atoms. The zero-order valence-electron chi connectivity index (χ0n) is 34.6. The third-order valence-electron chi connectivity index (χ3n) is 10.9. The average Bonchev–Trinajstić information content (AvgIpc) is 3.81. The van der Waals surface area contributed by atoms with Gasteiger partial charge in [-0.3, -0.25) is 9.59 Å². The zero-order valence-corrected chi connectivity index (χ0v) is 34.6. The molecule has 6 heterocycles. The van der Waals surface area contributed by atoms with Gasteiger partial charge >= 0.3 is 12.4 Å². The van der Waals surface area contributed by atoms with E-state index in [1.807, 2.05) is 9.80 Å². The molecule has 0 aliphatic carbocycles. The monoisotopic (exact) mass is 898 g/mol. The molecule has 0 unspecified atom stereocenters. The van der Waals surface area contributed by atoms with Crippen molar-refractivity contribution in [2.45, 2.75) is 50.2 Å². The summed E-state index contributed by atoms with van der Waals surface area (Å²) in [6.45, 7) is 5.91. The summed E-state index contributed by atoms with van der Waals surface area (Å²) in [5.41, 5.74) is 9.17. The minimum atomic E-state index is -4.55. The largest absolute Gasteiger partial charge is 0.477 e. The van der Waals surface area contributed by atoms with Crippen LogP contribution in [0.3, 0.4) is 0 Å². The summed E-state index contributed by atoms with van der Waals surface area (Å²) >= 11 is 0. The van der Waals surface area contributed by atoms with Crippen molar-refractivity contribution in [3.63, 3.8) is 0 Å². The minimum absolute atomic E-state index is 0.0374. The van der Waals surface area contributed by atoms with E-state index in [0.29, 0.717) is 86.5 Å². The second-order valence-electron chi connectivity index (χ2n) is 15.4. The number of nitrogens with two attached hydrogens (primary N) is 2. The number of carbonyl (C=O) groups is 2. The Morgan fingerprint density at radius 1 is 0.625 bits per heavy atom. The van der Waals surface area contributed by atoms with Crippen LogP contribution in [0.15, 0.2) is 73.6 Å². The van der Waals surface area contributed by atoms with Gasteiger partial charge in [0.1, 0.15) is 11.5 Å². The van der Waals surface area contributed by atoms with E-state index in [2.05, 4.69) is 30.6 Å². The van der Waals surface area contributed by atoms with Crippen LogP contribution in [0.5, 0.6) is 11.5 Å². The quantitative estimate of drug-likeness (QED) is 0.136. The molecule has 0 radical (unpaired) electrons. The summed E-state index contributed by atoms with van der Waals surface area (Å²) in [6, 6.07) is 9.33. The molecule has 2 fully saturated rings. The van der Waals surface area contributed by atoms with Crippen LogP contribution in [0.25, 0.3) is 11.1 Å². The number of halogens is 6. The van der Waals surface area contributed by atoms with Gasteiger partial charge in [0.2, 0.25) is 11.2 Å². The number of fused-ring (bicyclic) bond motifs is 2. The van der Waals surface area contributed by atoms with Crippen molar-refractivity contribution >= 4 is 45.7 Å². The molecule has 2 amide bonds. The lowest BCUT2D eigenvalue weighted by Gasteiger charge is -2.31. The van der Waals surface area contributed by atoms with Gasteiger partial charge in [-0.1, -0.05) is 0 Å². The number of hydrogen-bond donors (Lipinski definition) is 4. The van der Waals surface area contributed by atoms with Gasteiger partial charge in [-0.05, 0) is 38.1 Å². The number of benzene rings is 2. The Bertz CT molecular complexity index is 2240. The number of anilines is 4. The summed E-state index contributed by atoms with van der Waals surface area (Å²) in [7, 11) is 0. The summed E-state index contributed by atoms with van der Waals surface area (Å²) in [5.74, 6) is -0.601. The van der Waals surface area contributed by atoms with Crippen molar-refractivity contribution in [2.75, 3.05) is 73.0 Å². The Labute approximate surface area is 362 Å². The molecule has 2 atom stereocenters. The van der Waals surface area contributed by atoms with Crippen molar-refractivity contribution in [3.8, 4) is 11.5 Å². The Balaban J connectivity index is 0.000000191. The summed E-state index contributed by atoms with van der Waals surface area (Å²) in [4.78, 5) is 45.9. The summed E-state index contributed by atoms with van der Waals surface area (Å²) < 4.78 is 103. The van der Waals surface area contributed by atoms with Crippen molar-refractivity contribution in [2.24, 2.45) is 11.5 Å². The number of amides is 2. The Kier molecular flexibility index (Phi) is 12.9. The van der Waals surface area contributed by atoms with Crippen LogP contribution < -0.4 is 41.4 Å². The van der Waals surface area contributed by atoms with Crippen LogP contribution in [0.4, 0.5) is 49.1 Å². The number of nitrogens with one attached hydrogen (secondary N) is 2. The summed E-state index contributed by atoms with van der Waals surface area (Å²) in [5, 5.41) is 5.53. The highest BCUT2D eigenvalue weighted by Crippen LogP contribution is 2.49. The molecule has 8 rings (SSSR count). The van der Waals surface area contributed by atoms with Crippen molar-refractivity contribution in [1.29, 1.82) is 0 Å². The molecule has 2 aromatic heterocycles. The molecule has 4 aliphatic rings. The highest BCUT2D eigenvalue weighted by molar-refractivity contribution is 6.25. The molecule has 4 aliphatic heterocycles. The van der Waals surface area contributed by atoms with Gasteiger partial charge < -0.3 is 50.8 Å². The van der Waals surface area contributed by atoms with E-state index in [9.17, 15) is 35.9 Å². The lowest BCUT2D eigenvalue weighted by Crippen LogP contribution is -2.46. The fourth-order valence-corrected chi connectivity index (χ4v) is 7.39. The fourth-order valence-electron chi connectivity index (χ4n) is 7.39. The normalized spacial score (nSPS) is 21.1. The second kappa shape index (κ2) is 18.2. The maximum Gasteiger partial charge on any atom is 0.428 e. The predicted octanol–water partition coefficient (Wildman–Crippen LogP) is 5.01. The third-order valence-corrected chi connectivity index (χ3v) is 10.9. The number of rotatable bonds is 8. The van der Waals surface area contributed by atoms with E-state index < -0.39 is 35.4 Å². The molecule has 0 bridgehead atoms. The Morgan fingerprint density at radius 3 is 1.28 bits per heavy atom. The zero-order chi connectivity index (χ0) is 45.9. The molecule has 2 aromatic carbocycles. The second-order valence-corrected chi connectivity index (χ2v) is 15.4. The molecule has 64 heavy (non-hydrogen) atoms. The van der Waals surface area contributed by atoms with E-state index in [4.69, 9.17) is 30.4 Å². The van der Waals surface area contributed by atoms with Crippen molar-refractivity contribution in [1.82, 2.24) is 19.9 Å². The Morgan fingerprint density at radius 2 is 0.969 bits per heavy atom. The summed E-state index contributed by atoms with van der Waals surface area (Å²) in [6.07, 6.45) is -1.73. The van der Waals surface area contributed by atoms with Gasteiger partial charge in [-0.25, -0.2) is 19.9 Å². The van der Waals surface area contributed by atoms with Crippen LogP contribution in [-0.2, 0) is 31.9 Å². The number of ether oxygens (including phenoxy) is 4. The highest BCUT2D eigenvalue weighted by atomic mass is 19.4. The number of nitrogens with zero attached hydrogens (tertiary/aromatic N) is 6. The number of morpholine rings is 2. The number of carbonyl (C=O) groups excluding carboxylic acids is 2. The molecule has 4 aromatic rings. The van der Waals surface area contributed by atoms with E-state index in [1.165, 1.54) is 49.1 Å². The first-order valence-electron chi connectivity index (χ1n) is 20.0. The highest BCUT2D eigenvalue weighted by Gasteiger charge is 2.58. The molecular formula is C42H44F6N10O6. The molecule has 2 saturated heterocycles. The van der Waals surface area contributed by atoms with Crippen LogP contribution in [0.2, 0.25) is 0 Å². The van der Waals surface area contributed by atoms with Crippen LogP contribution in [0, 0.1) is 0 Å². The number of alkyl halides is 6. The van der Waals surface area contributed by atoms with Gasteiger partial charge in [-0.2, -0.15) is 26.3 Å². The number of aromatic nitrogens is 4. The molecule has 16 nitrogen and oxygen atoms in total. The number of hydrogen-bond acceptors (Lipinski definition) is 14. The van der Waals surface area contributed by atoms with Crippen molar-refractivity contribution < 1.29 is 54.9 Å². The Hall–Kier alpha value is -6.68. The maximum absolute atomic E-state index is 13.6. The fraction of sp³-hybridized carbons (Fsp3) is 0.381. The van der Waals surface area contributed by atoms with Crippen LogP contribution in [0.1, 0.15) is 36.6 Å². The third kappa shape index (κ3) is 9.47.